The van der Waals surface area contributed by atoms with Gasteiger partial charge in [0.1, 0.15) is 5.58 Å². The van der Waals surface area contributed by atoms with E-state index in [1.807, 2.05) is 25.1 Å². The van der Waals surface area contributed by atoms with Gasteiger partial charge in [0, 0.05) is 45.6 Å². The molecule has 172 valence electrons. The third kappa shape index (κ3) is 3.57. The zero-order valence-electron chi connectivity index (χ0n) is 19.9. The highest BCUT2D eigenvalue weighted by Gasteiger charge is 2.31. The van der Waals surface area contributed by atoms with Crippen LogP contribution in [0.15, 0.2) is 101 Å². The summed E-state index contributed by atoms with van der Waals surface area (Å²) >= 11 is 0. The molecule has 0 aliphatic carbocycles. The summed E-state index contributed by atoms with van der Waals surface area (Å²) in [6.07, 6.45) is 6.22. The van der Waals surface area contributed by atoms with Crippen molar-refractivity contribution in [1.29, 1.82) is 0 Å². The van der Waals surface area contributed by atoms with E-state index >= 15 is 0 Å². The quantitative estimate of drug-likeness (QED) is 0.318. The Morgan fingerprint density at radius 2 is 1.80 bits per heavy atom. The largest absolute Gasteiger partial charge is 0.438 e. The van der Waals surface area contributed by atoms with Gasteiger partial charge >= 0.3 is 0 Å². The first-order chi connectivity index (χ1) is 17.1. The molecule has 0 fully saturated rings. The minimum absolute atomic E-state index is 0.0730. The van der Waals surface area contributed by atoms with E-state index in [9.17, 15) is 0 Å². The Morgan fingerprint density at radius 1 is 0.971 bits per heavy atom. The summed E-state index contributed by atoms with van der Waals surface area (Å²) in [6, 6.07) is 17.1. The van der Waals surface area contributed by atoms with Gasteiger partial charge in [-0.1, -0.05) is 44.0 Å². The Kier molecular flexibility index (Phi) is 5.10. The van der Waals surface area contributed by atoms with Crippen LogP contribution >= 0.6 is 0 Å². The van der Waals surface area contributed by atoms with Crippen molar-refractivity contribution < 1.29 is 4.42 Å². The second-order valence-electron chi connectivity index (χ2n) is 9.40. The summed E-state index contributed by atoms with van der Waals surface area (Å²) in [5.74, 6) is 0.274. The van der Waals surface area contributed by atoms with E-state index in [0.717, 1.165) is 57.6 Å². The van der Waals surface area contributed by atoms with Gasteiger partial charge in [0.15, 0.2) is 0 Å². The molecule has 6 rings (SSSR count). The molecule has 35 heavy (non-hydrogen) atoms. The van der Waals surface area contributed by atoms with Crippen LogP contribution in [0.4, 0.5) is 0 Å². The summed E-state index contributed by atoms with van der Waals surface area (Å²) in [6.45, 7) is 14.4. The van der Waals surface area contributed by atoms with Gasteiger partial charge in [0.25, 0.3) is 0 Å². The van der Waals surface area contributed by atoms with E-state index in [2.05, 4.69) is 67.2 Å². The molecule has 2 aromatic heterocycles. The summed E-state index contributed by atoms with van der Waals surface area (Å²) in [5, 5.41) is 2.06. The summed E-state index contributed by atoms with van der Waals surface area (Å²) < 4.78 is 6.18. The van der Waals surface area contributed by atoms with Crippen molar-refractivity contribution in [1.82, 2.24) is 4.98 Å². The van der Waals surface area contributed by atoms with Gasteiger partial charge in [-0.3, -0.25) is 9.98 Å². The van der Waals surface area contributed by atoms with Gasteiger partial charge in [-0.05, 0) is 67.3 Å². The van der Waals surface area contributed by atoms with Crippen molar-refractivity contribution in [2.24, 2.45) is 9.98 Å². The van der Waals surface area contributed by atoms with E-state index in [1.165, 1.54) is 16.7 Å². The van der Waals surface area contributed by atoms with Gasteiger partial charge in [-0.2, -0.15) is 0 Å². The molecule has 2 unspecified atom stereocenters. The number of nitrogens with zero attached hydrogens (tertiary/aromatic N) is 3. The molecule has 4 aromatic rings. The number of allylic oxidation sites excluding steroid dienone is 2. The van der Waals surface area contributed by atoms with Crippen LogP contribution in [0.1, 0.15) is 46.7 Å². The maximum atomic E-state index is 6.18. The number of aliphatic imine (C=N–C) groups is 2. The second kappa shape index (κ2) is 8.31. The molecule has 0 saturated carbocycles. The number of hydrogen-bond donors (Lipinski definition) is 0. The fraction of sp³-hybridized carbons (Fsp3) is 0.194. The second-order valence-corrected chi connectivity index (χ2v) is 9.40. The molecule has 0 saturated heterocycles. The van der Waals surface area contributed by atoms with Gasteiger partial charge in [0.2, 0.25) is 5.71 Å². The first kappa shape index (κ1) is 21.5. The minimum atomic E-state index is 0.0730. The van der Waals surface area contributed by atoms with Crippen molar-refractivity contribution >= 4 is 33.5 Å². The number of pyridine rings is 1. The highest BCUT2D eigenvalue weighted by molar-refractivity contribution is 6.14. The normalized spacial score (nSPS) is 21.3. The maximum Gasteiger partial charge on any atom is 0.227 e. The standard InChI is InChI=1S/C31H27N3O/c1-5-27-22-10-8-7-9-21(22)23-14-12-20-16-30-26(24-13-11-18(3)33-31(24)35-30)17-25(20)28(6-2)32-19(4)15-29(23)34-27/h5-11,13,16-17,23,29H,1-2,4,12,14-15H2,3H3/b32-28-. The molecule has 2 aromatic carbocycles. The maximum absolute atomic E-state index is 6.18. The van der Waals surface area contributed by atoms with E-state index in [4.69, 9.17) is 14.4 Å². The molecule has 4 heterocycles. The first-order valence-corrected chi connectivity index (χ1v) is 12.1. The van der Waals surface area contributed by atoms with Gasteiger partial charge in [0.05, 0.1) is 17.5 Å². The smallest absolute Gasteiger partial charge is 0.227 e. The van der Waals surface area contributed by atoms with E-state index in [1.54, 1.807) is 0 Å². The van der Waals surface area contributed by atoms with Crippen molar-refractivity contribution in [3.8, 4) is 0 Å². The monoisotopic (exact) mass is 457 g/mol. The molecule has 4 heteroatoms. The zero-order valence-corrected chi connectivity index (χ0v) is 19.9. The average Bonchev–Trinajstić information content (AvgIpc) is 3.21. The summed E-state index contributed by atoms with van der Waals surface area (Å²) in [5.41, 5.74) is 9.83. The van der Waals surface area contributed by atoms with Crippen molar-refractivity contribution in [2.45, 2.75) is 38.1 Å². The molecule has 2 atom stereocenters. The van der Waals surface area contributed by atoms with Crippen LogP contribution in [0.5, 0.6) is 0 Å². The third-order valence-electron chi connectivity index (χ3n) is 7.22. The molecule has 0 spiro atoms. The van der Waals surface area contributed by atoms with Gasteiger partial charge in [-0.15, -0.1) is 0 Å². The van der Waals surface area contributed by atoms with Gasteiger partial charge < -0.3 is 4.42 Å². The van der Waals surface area contributed by atoms with Crippen molar-refractivity contribution in [3.05, 3.63) is 114 Å². The Balaban J connectivity index is 1.53. The number of rotatable bonds is 2. The Morgan fingerprint density at radius 3 is 2.63 bits per heavy atom. The third-order valence-corrected chi connectivity index (χ3v) is 7.22. The fourth-order valence-electron chi connectivity index (χ4n) is 5.56. The lowest BCUT2D eigenvalue weighted by atomic mass is 9.78. The molecular weight excluding hydrogens is 430 g/mol. The lowest BCUT2D eigenvalue weighted by Crippen LogP contribution is -2.27. The lowest BCUT2D eigenvalue weighted by molar-refractivity contribution is 0.490. The van der Waals surface area contributed by atoms with Crippen LogP contribution in [0.3, 0.4) is 0 Å². The van der Waals surface area contributed by atoms with Gasteiger partial charge in [-0.25, -0.2) is 4.98 Å². The van der Waals surface area contributed by atoms with Crippen LogP contribution in [-0.4, -0.2) is 22.4 Å². The zero-order chi connectivity index (χ0) is 24.1. The SMILES string of the molecule is C=CC1=NC2CC(=C)/N=C(/C=C)c3cc4c(cc3CCC2c2ccccc21)oc1nc(C)ccc14. The predicted octanol–water partition coefficient (Wildman–Crippen LogP) is 7.26. The molecule has 0 radical (unpaired) electrons. The fourth-order valence-corrected chi connectivity index (χ4v) is 5.56. The van der Waals surface area contributed by atoms with E-state index in [-0.39, 0.29) is 12.0 Å². The van der Waals surface area contributed by atoms with E-state index in [0.29, 0.717) is 12.1 Å². The number of hydrogen-bond acceptors (Lipinski definition) is 4. The first-order valence-electron chi connectivity index (χ1n) is 12.1. The van der Waals surface area contributed by atoms with Crippen LogP contribution in [-0.2, 0) is 6.42 Å². The molecule has 0 amide bonds. The average molecular weight is 458 g/mol. The molecule has 2 aliphatic rings. The number of furan rings is 1. The van der Waals surface area contributed by atoms with Crippen LogP contribution in [0.2, 0.25) is 0 Å². The van der Waals surface area contributed by atoms with Crippen molar-refractivity contribution in [2.75, 3.05) is 0 Å². The summed E-state index contributed by atoms with van der Waals surface area (Å²) in [4.78, 5) is 14.6. The highest BCUT2D eigenvalue weighted by atomic mass is 16.3. The topological polar surface area (TPSA) is 50.8 Å². The molecular formula is C31H27N3O. The minimum Gasteiger partial charge on any atom is -0.438 e. The van der Waals surface area contributed by atoms with Crippen molar-refractivity contribution in [3.63, 3.8) is 0 Å². The molecule has 0 N–H and O–H groups in total. The Labute approximate surface area is 205 Å². The molecule has 2 aliphatic heterocycles. The number of aromatic nitrogens is 1. The van der Waals surface area contributed by atoms with E-state index < -0.39 is 0 Å². The van der Waals surface area contributed by atoms with Crippen LogP contribution in [0.25, 0.3) is 22.1 Å². The Bertz CT molecular complexity index is 1600. The predicted molar refractivity (Wildman–Crippen MR) is 145 cm³/mol. The summed E-state index contributed by atoms with van der Waals surface area (Å²) in [7, 11) is 0. The lowest BCUT2D eigenvalue weighted by Gasteiger charge is -2.32. The highest BCUT2D eigenvalue weighted by Crippen LogP contribution is 2.39. The number of fused-ring (bicyclic) bond motifs is 7. The number of aryl methyl sites for hydroxylation is 2. The number of benzene rings is 2. The molecule has 4 nitrogen and oxygen atoms in total. The Hall–Kier alpha value is -4.05. The van der Waals surface area contributed by atoms with Crippen LogP contribution in [0, 0.1) is 6.92 Å². The van der Waals surface area contributed by atoms with Crippen LogP contribution < -0.4 is 0 Å². The molecule has 0 bridgehead atoms.